The van der Waals surface area contributed by atoms with Crippen LogP contribution in [0.1, 0.15) is 27.6 Å². The maximum atomic E-state index is 13.0. The van der Waals surface area contributed by atoms with E-state index >= 15 is 0 Å². The number of fused-ring (bicyclic) bond motifs is 4. The predicted octanol–water partition coefficient (Wildman–Crippen LogP) is 8.21. The second-order valence-electron chi connectivity index (χ2n) is 11.0. The van der Waals surface area contributed by atoms with Crippen LogP contribution in [0.4, 0.5) is 11.4 Å². The van der Waals surface area contributed by atoms with E-state index in [9.17, 15) is 14.4 Å². The maximum Gasteiger partial charge on any atom is 0.346 e. The number of nitrogens with zero attached hydrogens (tertiary/aromatic N) is 2. The molecular formula is C38H26Br2N4O6. The molecular weight excluding hydrogens is 768 g/mol. The summed E-state index contributed by atoms with van der Waals surface area (Å²) in [5.74, 6) is -2.00. The van der Waals surface area contributed by atoms with Gasteiger partial charge in [0.05, 0.1) is 33.5 Å². The van der Waals surface area contributed by atoms with E-state index in [1.165, 1.54) is 0 Å². The summed E-state index contributed by atoms with van der Waals surface area (Å²) < 4.78 is 8.22. The third-order valence-electron chi connectivity index (χ3n) is 7.83. The number of hydrogen-bond donors (Lipinski definition) is 3. The summed E-state index contributed by atoms with van der Waals surface area (Å²) in [5, 5.41) is 12.7. The molecule has 0 unspecified atom stereocenters. The van der Waals surface area contributed by atoms with E-state index in [1.54, 1.807) is 40.8 Å². The number of pyridine rings is 1. The zero-order chi connectivity index (χ0) is 35.7. The van der Waals surface area contributed by atoms with Gasteiger partial charge in [0.15, 0.2) is 0 Å². The zero-order valence-electron chi connectivity index (χ0n) is 26.2. The minimum absolute atomic E-state index is 0.0140. The highest BCUT2D eigenvalue weighted by Crippen LogP contribution is 2.34. The van der Waals surface area contributed by atoms with Gasteiger partial charge in [0.1, 0.15) is 5.65 Å². The predicted molar refractivity (Wildman–Crippen MR) is 203 cm³/mol. The van der Waals surface area contributed by atoms with Crippen molar-refractivity contribution < 1.29 is 24.2 Å². The van der Waals surface area contributed by atoms with Crippen molar-refractivity contribution in [2.24, 2.45) is 0 Å². The van der Waals surface area contributed by atoms with Gasteiger partial charge in [0.25, 0.3) is 11.5 Å². The molecule has 8 aromatic rings. The molecule has 3 heterocycles. The van der Waals surface area contributed by atoms with Crippen LogP contribution in [0.2, 0.25) is 0 Å². The smallest absolute Gasteiger partial charge is 0.346 e. The van der Waals surface area contributed by atoms with Crippen LogP contribution >= 0.6 is 31.9 Å². The Bertz CT molecular complexity index is 2650. The van der Waals surface area contributed by atoms with Crippen LogP contribution in [0.15, 0.2) is 123 Å². The molecule has 0 bridgehead atoms. The number of rotatable bonds is 0. The van der Waals surface area contributed by atoms with Crippen molar-refractivity contribution in [3.63, 3.8) is 0 Å². The van der Waals surface area contributed by atoms with Crippen molar-refractivity contribution >= 4 is 110 Å². The number of ether oxygens (including phenoxy) is 1. The van der Waals surface area contributed by atoms with Crippen molar-refractivity contribution in [3.05, 3.63) is 140 Å². The van der Waals surface area contributed by atoms with E-state index < -0.39 is 17.9 Å². The average molecular weight is 794 g/mol. The quantitative estimate of drug-likeness (QED) is 0.0779. The summed E-state index contributed by atoms with van der Waals surface area (Å²) in [6.45, 7) is 1.08. The number of carboxylic acid groups (broad SMARTS) is 1. The highest BCUT2D eigenvalue weighted by molar-refractivity contribution is 9.11. The number of cyclic esters (lactones) is 2. The van der Waals surface area contributed by atoms with Crippen molar-refractivity contribution in [1.82, 2.24) is 9.38 Å². The normalized spacial score (nSPS) is 11.7. The third kappa shape index (κ3) is 6.33. The number of benzene rings is 6. The summed E-state index contributed by atoms with van der Waals surface area (Å²) in [6.07, 6.45) is 0. The average Bonchev–Trinajstić information content (AvgIpc) is 3.49. The second kappa shape index (κ2) is 13.9. The second-order valence-corrected chi connectivity index (χ2v) is 12.7. The monoisotopic (exact) mass is 792 g/mol. The van der Waals surface area contributed by atoms with Crippen LogP contribution < -0.4 is 17.0 Å². The first kappa shape index (κ1) is 34.0. The first-order chi connectivity index (χ1) is 24.0. The van der Waals surface area contributed by atoms with Gasteiger partial charge < -0.3 is 21.3 Å². The van der Waals surface area contributed by atoms with Crippen LogP contribution in [-0.2, 0) is 9.53 Å². The van der Waals surface area contributed by atoms with E-state index in [2.05, 4.69) is 41.6 Å². The lowest BCUT2D eigenvalue weighted by Gasteiger charge is -2.15. The standard InChI is InChI=1S/C18H9BrN2O.C12H5BrO3.C6H8N2.C2H4O2/c19-13-9-8-12-16-10(13)4-3-5-11(16)17-20-14-6-1-2-7-15(14)21(17)18(12)22;13-9-5-4-8-10-6(9)2-1-3-7(10)11(14)16-12(8)15;7-5-3-1-2-4-6(5)8;1-2(3)4/h1-9H;1-5H;1-4H,7-8H2;1H3,(H,3,4). The number of para-hydroxylation sites is 4. The molecule has 248 valence electrons. The van der Waals surface area contributed by atoms with Crippen LogP contribution in [0, 0.1) is 0 Å². The van der Waals surface area contributed by atoms with Crippen LogP contribution in [0.3, 0.4) is 0 Å². The molecule has 0 radical (unpaired) electrons. The fourth-order valence-corrected chi connectivity index (χ4v) is 6.61. The Morgan fingerprint density at radius 2 is 1.18 bits per heavy atom. The Morgan fingerprint density at radius 1 is 0.660 bits per heavy atom. The number of carboxylic acids is 1. The minimum atomic E-state index is -0.833. The van der Waals surface area contributed by atoms with Gasteiger partial charge in [-0.25, -0.2) is 14.6 Å². The molecule has 6 aromatic carbocycles. The number of esters is 2. The van der Waals surface area contributed by atoms with E-state index in [0.29, 0.717) is 27.9 Å². The number of nitrogens with two attached hydrogens (primary N) is 2. The molecule has 0 saturated carbocycles. The molecule has 0 amide bonds. The maximum absolute atomic E-state index is 13.0. The van der Waals surface area contributed by atoms with Gasteiger partial charge in [0.2, 0.25) is 0 Å². The molecule has 2 aromatic heterocycles. The summed E-state index contributed by atoms with van der Waals surface area (Å²) in [6, 6.07) is 33.6. The molecule has 9 rings (SSSR count). The Kier molecular flexibility index (Phi) is 9.49. The lowest BCUT2D eigenvalue weighted by Crippen LogP contribution is -2.19. The SMILES string of the molecule is CC(=O)O.Nc1ccccc1N.O=C1OC(=O)c2ccc(Br)c3cccc1c23.O=c1c2ccc(Br)c3cccc(c32)c2nc3ccccc3n12. The van der Waals surface area contributed by atoms with Gasteiger partial charge >= 0.3 is 11.9 Å². The van der Waals surface area contributed by atoms with Crippen LogP contribution in [0.25, 0.3) is 49.0 Å². The number of imidazole rings is 1. The minimum Gasteiger partial charge on any atom is -0.481 e. The highest BCUT2D eigenvalue weighted by Gasteiger charge is 2.27. The van der Waals surface area contributed by atoms with E-state index in [1.807, 2.05) is 72.8 Å². The first-order valence-corrected chi connectivity index (χ1v) is 16.6. The molecule has 0 spiro atoms. The number of aliphatic carboxylic acids is 1. The lowest BCUT2D eigenvalue weighted by molar-refractivity contribution is -0.134. The van der Waals surface area contributed by atoms with Gasteiger partial charge in [-0.1, -0.05) is 86.5 Å². The number of hydrogen-bond acceptors (Lipinski definition) is 8. The fourth-order valence-electron chi connectivity index (χ4n) is 5.68. The molecule has 0 aliphatic carbocycles. The lowest BCUT2D eigenvalue weighted by atomic mass is 9.97. The largest absolute Gasteiger partial charge is 0.481 e. The van der Waals surface area contributed by atoms with Crippen LogP contribution in [0.5, 0.6) is 0 Å². The van der Waals surface area contributed by atoms with Crippen molar-refractivity contribution in [3.8, 4) is 0 Å². The molecule has 1 aliphatic heterocycles. The number of anilines is 2. The highest BCUT2D eigenvalue weighted by atomic mass is 79.9. The molecule has 0 atom stereocenters. The number of carbonyl (C=O) groups excluding carboxylic acids is 2. The van der Waals surface area contributed by atoms with Crippen LogP contribution in [-0.4, -0.2) is 32.4 Å². The molecule has 12 heteroatoms. The van der Waals surface area contributed by atoms with Crippen molar-refractivity contribution in [1.29, 1.82) is 0 Å². The first-order valence-electron chi connectivity index (χ1n) is 15.0. The van der Waals surface area contributed by atoms with E-state index in [-0.39, 0.29) is 5.56 Å². The number of carbonyl (C=O) groups is 3. The number of halogens is 2. The molecule has 0 fully saturated rings. The van der Waals surface area contributed by atoms with Gasteiger partial charge in [-0.05, 0) is 65.4 Å². The summed E-state index contributed by atoms with van der Waals surface area (Å²) in [5.41, 5.74) is 15.4. The van der Waals surface area contributed by atoms with Crippen molar-refractivity contribution in [2.45, 2.75) is 6.92 Å². The Hall–Kier alpha value is -5.85. The topological polar surface area (TPSA) is 167 Å². The van der Waals surface area contributed by atoms with Gasteiger partial charge in [-0.15, -0.1) is 0 Å². The van der Waals surface area contributed by atoms with Gasteiger partial charge in [0, 0.05) is 37.4 Å². The Balaban J connectivity index is 0.000000135. The molecule has 0 saturated heterocycles. The van der Waals surface area contributed by atoms with Gasteiger partial charge in [-0.3, -0.25) is 14.0 Å². The van der Waals surface area contributed by atoms with Crippen molar-refractivity contribution in [2.75, 3.05) is 11.5 Å². The zero-order valence-corrected chi connectivity index (χ0v) is 29.4. The number of aromatic nitrogens is 2. The summed E-state index contributed by atoms with van der Waals surface area (Å²) in [4.78, 5) is 49.7. The third-order valence-corrected chi connectivity index (χ3v) is 9.21. The fraction of sp³-hybridized carbons (Fsp3) is 0.0263. The Labute approximate surface area is 300 Å². The Morgan fingerprint density at radius 3 is 1.82 bits per heavy atom. The number of nitrogen functional groups attached to an aromatic ring is 2. The molecule has 5 N–H and O–H groups in total. The summed E-state index contributed by atoms with van der Waals surface area (Å²) in [7, 11) is 0. The molecule has 1 aliphatic rings. The molecule has 10 nitrogen and oxygen atoms in total. The van der Waals surface area contributed by atoms with Gasteiger partial charge in [-0.2, -0.15) is 0 Å². The van der Waals surface area contributed by atoms with E-state index in [0.717, 1.165) is 59.5 Å². The van der Waals surface area contributed by atoms with E-state index in [4.69, 9.17) is 21.4 Å². The molecule has 50 heavy (non-hydrogen) atoms. The summed E-state index contributed by atoms with van der Waals surface area (Å²) >= 11 is 6.97.